The summed E-state index contributed by atoms with van der Waals surface area (Å²) in [5, 5.41) is -1.79. The highest BCUT2D eigenvalue weighted by Gasteiger charge is 2.43. The van der Waals surface area contributed by atoms with Crippen LogP contribution in [-0.4, -0.2) is 33.1 Å². The number of hydrogen-bond acceptors (Lipinski definition) is 4. The second-order valence-electron chi connectivity index (χ2n) is 2.87. The van der Waals surface area contributed by atoms with Crippen molar-refractivity contribution in [3.05, 3.63) is 0 Å². The molecule has 4 nitrogen and oxygen atoms in total. The average Bonchev–Trinajstić information content (AvgIpc) is 2.06. The molecule has 0 radical (unpaired) electrons. The van der Waals surface area contributed by atoms with E-state index in [9.17, 15) is 16.8 Å². The second kappa shape index (κ2) is 2.85. The van der Waals surface area contributed by atoms with E-state index in [0.717, 1.165) is 0 Å². The van der Waals surface area contributed by atoms with Crippen LogP contribution in [0.4, 0.5) is 0 Å². The van der Waals surface area contributed by atoms with E-state index in [1.54, 1.807) is 0 Å². The molecular weight excluding hydrogens is 224 g/mol. The lowest BCUT2D eigenvalue weighted by molar-refractivity contribution is 0.581. The first kappa shape index (κ1) is 10.3. The van der Waals surface area contributed by atoms with Gasteiger partial charge >= 0.3 is 0 Å². The van der Waals surface area contributed by atoms with Gasteiger partial charge in [0.25, 0.3) is 0 Å². The van der Waals surface area contributed by atoms with E-state index in [4.69, 9.17) is 10.7 Å². The molecule has 0 aromatic heterocycles. The molecule has 2 unspecified atom stereocenters. The SMILES string of the molecule is CC1C(S(=O)(=O)Cl)CCS1(=O)=O. The van der Waals surface area contributed by atoms with Crippen LogP contribution in [0.2, 0.25) is 0 Å². The summed E-state index contributed by atoms with van der Waals surface area (Å²) in [5.74, 6) is -0.0786. The molecule has 1 aliphatic rings. The Hall–Kier alpha value is 0.190. The fourth-order valence-electron chi connectivity index (χ4n) is 1.30. The Bertz CT molecular complexity index is 368. The first-order chi connectivity index (χ1) is 5.25. The van der Waals surface area contributed by atoms with Crippen molar-refractivity contribution in [3.63, 3.8) is 0 Å². The fourth-order valence-corrected chi connectivity index (χ4v) is 5.72. The minimum absolute atomic E-state index is 0.0786. The third kappa shape index (κ3) is 1.75. The van der Waals surface area contributed by atoms with Crippen molar-refractivity contribution in [3.8, 4) is 0 Å². The molecule has 0 bridgehead atoms. The van der Waals surface area contributed by atoms with Crippen LogP contribution in [-0.2, 0) is 18.9 Å². The maximum absolute atomic E-state index is 11.1. The summed E-state index contributed by atoms with van der Waals surface area (Å²) in [6.07, 6.45) is 0.120. The first-order valence-corrected chi connectivity index (χ1v) is 7.49. The number of hydrogen-bond donors (Lipinski definition) is 0. The van der Waals surface area contributed by atoms with Gasteiger partial charge in [-0.05, 0) is 13.3 Å². The zero-order chi connectivity index (χ0) is 9.57. The van der Waals surface area contributed by atoms with Crippen LogP contribution in [0, 0.1) is 0 Å². The highest BCUT2D eigenvalue weighted by molar-refractivity contribution is 8.15. The molecular formula is C5H9ClO4S2. The second-order valence-corrected chi connectivity index (χ2v) is 8.20. The molecule has 0 aromatic rings. The van der Waals surface area contributed by atoms with Gasteiger partial charge in [-0.2, -0.15) is 0 Å². The summed E-state index contributed by atoms with van der Waals surface area (Å²) in [7, 11) is -1.88. The van der Waals surface area contributed by atoms with E-state index in [1.807, 2.05) is 0 Å². The molecule has 0 amide bonds. The summed E-state index contributed by atoms with van der Waals surface area (Å²) in [6.45, 7) is 1.38. The molecule has 0 aliphatic carbocycles. The van der Waals surface area contributed by atoms with E-state index in [-0.39, 0.29) is 12.2 Å². The molecule has 1 saturated heterocycles. The van der Waals surface area contributed by atoms with E-state index >= 15 is 0 Å². The van der Waals surface area contributed by atoms with Crippen LogP contribution in [0.3, 0.4) is 0 Å². The van der Waals surface area contributed by atoms with Gasteiger partial charge in [-0.3, -0.25) is 0 Å². The van der Waals surface area contributed by atoms with Crippen molar-refractivity contribution in [1.29, 1.82) is 0 Å². The molecule has 0 spiro atoms. The molecule has 2 atom stereocenters. The molecule has 0 N–H and O–H groups in total. The topological polar surface area (TPSA) is 68.3 Å². The Morgan fingerprint density at radius 3 is 2.08 bits per heavy atom. The van der Waals surface area contributed by atoms with Gasteiger partial charge in [-0.25, -0.2) is 16.8 Å². The maximum atomic E-state index is 11.1. The maximum Gasteiger partial charge on any atom is 0.236 e. The standard InChI is InChI=1S/C5H9ClO4S2/c1-4-5(12(6,9)10)2-3-11(4,7)8/h4-5H,2-3H2,1H3. The number of halogens is 1. The van der Waals surface area contributed by atoms with Crippen LogP contribution >= 0.6 is 10.7 Å². The van der Waals surface area contributed by atoms with Crippen LogP contribution in [0.25, 0.3) is 0 Å². The lowest BCUT2D eigenvalue weighted by Crippen LogP contribution is -2.27. The predicted molar refractivity (Wildman–Crippen MR) is 46.4 cm³/mol. The molecule has 72 valence electrons. The average molecular weight is 233 g/mol. The van der Waals surface area contributed by atoms with Gasteiger partial charge in [0.1, 0.15) is 0 Å². The lowest BCUT2D eigenvalue weighted by Gasteiger charge is -2.08. The van der Waals surface area contributed by atoms with Gasteiger partial charge in [0.05, 0.1) is 16.3 Å². The van der Waals surface area contributed by atoms with E-state index in [1.165, 1.54) is 6.92 Å². The lowest BCUT2D eigenvalue weighted by atomic mass is 10.3. The van der Waals surface area contributed by atoms with Gasteiger partial charge in [0, 0.05) is 10.7 Å². The largest absolute Gasteiger partial charge is 0.236 e. The Morgan fingerprint density at radius 1 is 1.42 bits per heavy atom. The summed E-state index contributed by atoms with van der Waals surface area (Å²) >= 11 is 0. The van der Waals surface area contributed by atoms with Gasteiger partial charge in [-0.1, -0.05) is 0 Å². The number of sulfone groups is 1. The zero-order valence-corrected chi connectivity index (χ0v) is 8.79. The van der Waals surface area contributed by atoms with Crippen LogP contribution < -0.4 is 0 Å². The van der Waals surface area contributed by atoms with Gasteiger partial charge in [0.2, 0.25) is 9.05 Å². The Kier molecular flexibility index (Phi) is 2.44. The summed E-state index contributed by atoms with van der Waals surface area (Å²) in [5.41, 5.74) is 0. The highest BCUT2D eigenvalue weighted by atomic mass is 35.7. The molecule has 12 heavy (non-hydrogen) atoms. The monoisotopic (exact) mass is 232 g/mol. The van der Waals surface area contributed by atoms with E-state index in [0.29, 0.717) is 0 Å². The summed E-state index contributed by atoms with van der Waals surface area (Å²) in [4.78, 5) is 0. The normalized spacial score (nSPS) is 35.2. The van der Waals surface area contributed by atoms with Crippen LogP contribution in [0.1, 0.15) is 13.3 Å². The molecule has 7 heteroatoms. The highest BCUT2D eigenvalue weighted by Crippen LogP contribution is 2.28. The molecule has 0 saturated carbocycles. The predicted octanol–water partition coefficient (Wildman–Crippen LogP) is 0.131. The van der Waals surface area contributed by atoms with Crippen molar-refractivity contribution >= 4 is 29.6 Å². The quantitative estimate of drug-likeness (QED) is 0.603. The first-order valence-electron chi connectivity index (χ1n) is 3.40. The minimum Gasteiger partial charge on any atom is -0.229 e. The fraction of sp³-hybridized carbons (Fsp3) is 1.00. The van der Waals surface area contributed by atoms with Crippen LogP contribution in [0.15, 0.2) is 0 Å². The van der Waals surface area contributed by atoms with Crippen molar-refractivity contribution in [2.45, 2.75) is 23.8 Å². The Morgan fingerprint density at radius 2 is 1.92 bits per heavy atom. The van der Waals surface area contributed by atoms with Crippen molar-refractivity contribution < 1.29 is 16.8 Å². The number of rotatable bonds is 1. The van der Waals surface area contributed by atoms with Crippen molar-refractivity contribution in [2.75, 3.05) is 5.75 Å². The van der Waals surface area contributed by atoms with E-state index in [2.05, 4.69) is 0 Å². The molecule has 1 heterocycles. The third-order valence-corrected chi connectivity index (χ3v) is 6.63. The minimum atomic E-state index is -3.73. The summed E-state index contributed by atoms with van der Waals surface area (Å²) in [6, 6.07) is 0. The van der Waals surface area contributed by atoms with Crippen molar-refractivity contribution in [2.24, 2.45) is 0 Å². The van der Waals surface area contributed by atoms with Crippen LogP contribution in [0.5, 0.6) is 0 Å². The smallest absolute Gasteiger partial charge is 0.229 e. The Balaban J connectivity index is 3.05. The molecule has 1 aliphatic heterocycles. The van der Waals surface area contributed by atoms with Gasteiger partial charge in [-0.15, -0.1) is 0 Å². The van der Waals surface area contributed by atoms with Gasteiger partial charge in [0.15, 0.2) is 9.84 Å². The molecule has 1 fully saturated rings. The van der Waals surface area contributed by atoms with Crippen molar-refractivity contribution in [1.82, 2.24) is 0 Å². The van der Waals surface area contributed by atoms with Gasteiger partial charge < -0.3 is 0 Å². The Labute approximate surface area is 76.3 Å². The molecule has 1 rings (SSSR count). The summed E-state index contributed by atoms with van der Waals surface area (Å²) < 4.78 is 43.9. The zero-order valence-electron chi connectivity index (χ0n) is 6.40. The van der Waals surface area contributed by atoms with E-state index < -0.39 is 29.4 Å². The third-order valence-electron chi connectivity index (χ3n) is 2.14. The molecule has 0 aromatic carbocycles.